The Kier molecular flexibility index (Phi) is 6.18. The number of esters is 2. The molecule has 1 atom stereocenters. The first-order valence-corrected chi connectivity index (χ1v) is 9.27. The van der Waals surface area contributed by atoms with Crippen LogP contribution in [0.4, 0.5) is 18.0 Å². The molecule has 2 heterocycles. The number of hydrogen-bond donors (Lipinski definition) is 2. The first kappa shape index (κ1) is 22.1. The molecule has 2 amide bonds. The molecular formula is C19H19F3N4O5. The molecule has 2 N–H and O–H groups in total. The number of carbonyl (C=O) groups is 3. The van der Waals surface area contributed by atoms with E-state index in [1.807, 2.05) is 0 Å². The third-order valence-electron chi connectivity index (χ3n) is 4.44. The number of rotatable bonds is 6. The van der Waals surface area contributed by atoms with Crippen LogP contribution in [-0.2, 0) is 31.8 Å². The van der Waals surface area contributed by atoms with Crippen LogP contribution >= 0.6 is 0 Å². The molecule has 0 radical (unpaired) electrons. The minimum absolute atomic E-state index is 0.00501. The summed E-state index contributed by atoms with van der Waals surface area (Å²) in [7, 11) is 0. The van der Waals surface area contributed by atoms with Gasteiger partial charge in [0.25, 0.3) is 0 Å². The Balaban J connectivity index is 1.82. The van der Waals surface area contributed by atoms with Gasteiger partial charge in [-0.3, -0.25) is 4.79 Å². The van der Waals surface area contributed by atoms with E-state index in [1.165, 1.54) is 24.3 Å². The van der Waals surface area contributed by atoms with Crippen LogP contribution in [0.25, 0.3) is 11.0 Å². The summed E-state index contributed by atoms with van der Waals surface area (Å²) in [5.74, 6) is -2.96. The van der Waals surface area contributed by atoms with Gasteiger partial charge in [0.05, 0.1) is 35.0 Å². The topological polar surface area (TPSA) is 112 Å². The van der Waals surface area contributed by atoms with Gasteiger partial charge < -0.3 is 24.7 Å². The Hall–Kier alpha value is -3.57. The van der Waals surface area contributed by atoms with Crippen LogP contribution in [0.2, 0.25) is 0 Å². The minimum Gasteiger partial charge on any atom is -0.463 e. The van der Waals surface area contributed by atoms with Gasteiger partial charge in [-0.25, -0.2) is 14.6 Å². The minimum atomic E-state index is -4.78. The number of para-hydroxylation sites is 2. The third-order valence-corrected chi connectivity index (χ3v) is 4.44. The molecule has 1 aromatic carbocycles. The maximum Gasteiger partial charge on any atom is 0.449 e. The number of carbonyl (C=O) groups excluding carboxylic acids is 3. The zero-order chi connectivity index (χ0) is 22.8. The fourth-order valence-electron chi connectivity index (χ4n) is 3.17. The van der Waals surface area contributed by atoms with Gasteiger partial charge in [0.15, 0.2) is 0 Å². The van der Waals surface area contributed by atoms with E-state index in [0.717, 1.165) is 0 Å². The van der Waals surface area contributed by atoms with Crippen LogP contribution < -0.4 is 10.6 Å². The van der Waals surface area contributed by atoms with Gasteiger partial charge in [0.1, 0.15) is 13.2 Å². The molecule has 166 valence electrons. The summed E-state index contributed by atoms with van der Waals surface area (Å²) in [5, 5.41) is 4.85. The van der Waals surface area contributed by atoms with E-state index in [0.29, 0.717) is 4.57 Å². The molecule has 9 nitrogen and oxygen atoms in total. The first-order valence-electron chi connectivity index (χ1n) is 9.27. The largest absolute Gasteiger partial charge is 0.463 e. The molecule has 1 aliphatic rings. The zero-order valence-electron chi connectivity index (χ0n) is 16.6. The van der Waals surface area contributed by atoms with Crippen LogP contribution in [0.1, 0.15) is 19.7 Å². The van der Waals surface area contributed by atoms with Crippen molar-refractivity contribution in [1.82, 2.24) is 20.2 Å². The van der Waals surface area contributed by atoms with Crippen molar-refractivity contribution in [3.8, 4) is 0 Å². The maximum atomic E-state index is 13.4. The van der Waals surface area contributed by atoms with Crippen LogP contribution in [0, 0.1) is 0 Å². The van der Waals surface area contributed by atoms with Gasteiger partial charge in [-0.05, 0) is 26.0 Å². The molecule has 0 spiro atoms. The number of hydrogen-bond acceptors (Lipinski definition) is 6. The number of alkyl halides is 3. The zero-order valence-corrected chi connectivity index (χ0v) is 16.6. The first-order chi connectivity index (χ1) is 14.6. The van der Waals surface area contributed by atoms with E-state index in [2.05, 4.69) is 15.6 Å². The van der Waals surface area contributed by atoms with Crippen molar-refractivity contribution in [2.75, 3.05) is 13.2 Å². The number of amides is 2. The monoisotopic (exact) mass is 440 g/mol. The molecule has 0 aliphatic carbocycles. The number of nitrogens with zero attached hydrogens (tertiary/aromatic N) is 2. The second-order valence-corrected chi connectivity index (χ2v) is 6.60. The second kappa shape index (κ2) is 8.66. The maximum absolute atomic E-state index is 13.4. The standard InChI is InChI=1S/C19H19F3N4O5/c1-3-30-16(28)15-10(2)23-18(29)25-12(15)9-31-14(27)8-26-13-7-5-4-6-11(13)24-17(26)19(20,21)22/h4-7,10H,3,8-9H2,1-2H3,(H2,23,25,29)/t10-/m0/s1. The molecule has 31 heavy (non-hydrogen) atoms. The van der Waals surface area contributed by atoms with Gasteiger partial charge in [0.2, 0.25) is 5.82 Å². The second-order valence-electron chi connectivity index (χ2n) is 6.60. The van der Waals surface area contributed by atoms with E-state index in [9.17, 15) is 27.6 Å². The van der Waals surface area contributed by atoms with Gasteiger partial charge in [0, 0.05) is 0 Å². The van der Waals surface area contributed by atoms with E-state index in [1.54, 1.807) is 13.8 Å². The van der Waals surface area contributed by atoms with Crippen molar-refractivity contribution in [2.45, 2.75) is 32.6 Å². The van der Waals surface area contributed by atoms with Gasteiger partial charge in [-0.1, -0.05) is 12.1 Å². The number of imidazole rings is 1. The summed E-state index contributed by atoms with van der Waals surface area (Å²) >= 11 is 0. The molecule has 0 bridgehead atoms. The average molecular weight is 440 g/mol. The lowest BCUT2D eigenvalue weighted by atomic mass is 10.0. The third kappa shape index (κ3) is 4.78. The van der Waals surface area contributed by atoms with Crippen LogP contribution in [0.3, 0.4) is 0 Å². The Morgan fingerprint density at radius 3 is 2.61 bits per heavy atom. The number of nitrogens with one attached hydrogen (secondary N) is 2. The number of ether oxygens (including phenoxy) is 2. The SMILES string of the molecule is CCOC(=O)C1=C(COC(=O)Cn2c(C(F)(F)F)nc3ccccc32)NC(=O)N[C@H]1C. The Morgan fingerprint density at radius 1 is 1.23 bits per heavy atom. The number of benzene rings is 1. The molecule has 0 saturated heterocycles. The molecule has 3 rings (SSSR count). The van der Waals surface area contributed by atoms with Crippen molar-refractivity contribution in [3.63, 3.8) is 0 Å². The van der Waals surface area contributed by atoms with E-state index in [4.69, 9.17) is 9.47 Å². The summed E-state index contributed by atoms with van der Waals surface area (Å²) < 4.78 is 50.8. The lowest BCUT2D eigenvalue weighted by Gasteiger charge is -2.26. The van der Waals surface area contributed by atoms with Gasteiger partial charge in [-0.15, -0.1) is 0 Å². The lowest BCUT2D eigenvalue weighted by Crippen LogP contribution is -2.50. The molecule has 0 fully saturated rings. The Bertz CT molecular complexity index is 1060. The predicted molar refractivity (Wildman–Crippen MR) is 100 cm³/mol. The van der Waals surface area contributed by atoms with E-state index >= 15 is 0 Å². The highest BCUT2D eigenvalue weighted by Gasteiger charge is 2.38. The summed E-state index contributed by atoms with van der Waals surface area (Å²) in [4.78, 5) is 39.8. The lowest BCUT2D eigenvalue weighted by molar-refractivity contribution is -0.150. The number of halogens is 3. The normalized spacial score (nSPS) is 16.7. The number of fused-ring (bicyclic) bond motifs is 1. The van der Waals surface area contributed by atoms with Crippen molar-refractivity contribution in [3.05, 3.63) is 41.4 Å². The highest BCUT2D eigenvalue weighted by atomic mass is 19.4. The van der Waals surface area contributed by atoms with Gasteiger partial charge in [-0.2, -0.15) is 13.2 Å². The van der Waals surface area contributed by atoms with Crippen LogP contribution in [0.5, 0.6) is 0 Å². The molecule has 12 heteroatoms. The fraction of sp³-hybridized carbons (Fsp3) is 0.368. The summed E-state index contributed by atoms with van der Waals surface area (Å²) in [6.45, 7) is 1.94. The molecule has 1 aliphatic heterocycles. The van der Waals surface area contributed by atoms with Crippen LogP contribution in [0.15, 0.2) is 35.5 Å². The Labute approximate surface area is 174 Å². The van der Waals surface area contributed by atoms with Crippen molar-refractivity contribution in [1.29, 1.82) is 0 Å². The predicted octanol–water partition coefficient (Wildman–Crippen LogP) is 2.12. The average Bonchev–Trinajstić information content (AvgIpc) is 3.05. The Morgan fingerprint density at radius 2 is 1.94 bits per heavy atom. The highest BCUT2D eigenvalue weighted by molar-refractivity contribution is 5.94. The molecular weight excluding hydrogens is 421 g/mol. The summed E-state index contributed by atoms with van der Waals surface area (Å²) in [6, 6.07) is 4.52. The molecule has 0 saturated carbocycles. The van der Waals surface area contributed by atoms with Crippen molar-refractivity contribution in [2.24, 2.45) is 0 Å². The number of urea groups is 1. The molecule has 2 aromatic rings. The fourth-order valence-corrected chi connectivity index (χ4v) is 3.17. The van der Waals surface area contributed by atoms with E-state index in [-0.39, 0.29) is 28.9 Å². The summed E-state index contributed by atoms with van der Waals surface area (Å²) in [6.07, 6.45) is -4.78. The smallest absolute Gasteiger partial charge is 0.449 e. The molecule has 0 unspecified atom stereocenters. The van der Waals surface area contributed by atoms with Gasteiger partial charge >= 0.3 is 24.1 Å². The highest BCUT2D eigenvalue weighted by Crippen LogP contribution is 2.31. The van der Waals surface area contributed by atoms with E-state index < -0.39 is 49.2 Å². The van der Waals surface area contributed by atoms with Crippen molar-refractivity contribution >= 4 is 29.0 Å². The summed E-state index contributed by atoms with van der Waals surface area (Å²) in [5.41, 5.74) is 0.240. The quantitative estimate of drug-likeness (QED) is 0.666. The number of aromatic nitrogens is 2. The van der Waals surface area contributed by atoms with Crippen molar-refractivity contribution < 1.29 is 37.0 Å². The van der Waals surface area contributed by atoms with Crippen LogP contribution in [-0.4, -0.2) is 46.8 Å². The molecule has 1 aromatic heterocycles.